The van der Waals surface area contributed by atoms with Crippen LogP contribution in [0.3, 0.4) is 0 Å². The van der Waals surface area contributed by atoms with Crippen LogP contribution in [0, 0.1) is 5.92 Å². The van der Waals surface area contributed by atoms with E-state index in [0.29, 0.717) is 18.1 Å². The van der Waals surface area contributed by atoms with E-state index in [-0.39, 0.29) is 6.61 Å². The van der Waals surface area contributed by atoms with Crippen LogP contribution in [0.1, 0.15) is 32.1 Å². The van der Waals surface area contributed by atoms with Crippen molar-refractivity contribution in [3.8, 4) is 0 Å². The molecule has 0 unspecified atom stereocenters. The summed E-state index contributed by atoms with van der Waals surface area (Å²) >= 11 is 0. The second kappa shape index (κ2) is 7.23. The Kier molecular flexibility index (Phi) is 5.86. The van der Waals surface area contributed by atoms with Crippen LogP contribution in [-0.2, 0) is 9.53 Å². The van der Waals surface area contributed by atoms with Gasteiger partial charge in [0.25, 0.3) is 0 Å². The number of aliphatic carboxylic acids is 1. The van der Waals surface area contributed by atoms with Crippen molar-refractivity contribution in [2.24, 2.45) is 5.92 Å². The Hall–Kier alpha value is -1.09. The minimum absolute atomic E-state index is 0.178. The van der Waals surface area contributed by atoms with E-state index in [1.54, 1.807) is 6.08 Å². The number of ether oxygens (including phenoxy) is 1. The van der Waals surface area contributed by atoms with E-state index < -0.39 is 5.97 Å². The van der Waals surface area contributed by atoms with Crippen LogP contribution in [0.25, 0.3) is 0 Å². The van der Waals surface area contributed by atoms with Gasteiger partial charge < -0.3 is 9.84 Å². The summed E-state index contributed by atoms with van der Waals surface area (Å²) in [5.41, 5.74) is 0.383. The summed E-state index contributed by atoms with van der Waals surface area (Å²) in [5.74, 6) is -0.443. The molecule has 3 heteroatoms. The Labute approximate surface area is 96.8 Å². The fourth-order valence-electron chi connectivity index (χ4n) is 2.02. The molecule has 1 fully saturated rings. The van der Waals surface area contributed by atoms with Crippen LogP contribution in [0.4, 0.5) is 0 Å². The van der Waals surface area contributed by atoms with Gasteiger partial charge in [0.15, 0.2) is 0 Å². The molecule has 1 N–H and O–H groups in total. The van der Waals surface area contributed by atoms with Crippen LogP contribution in [-0.4, -0.2) is 24.3 Å². The average molecular weight is 224 g/mol. The van der Waals surface area contributed by atoms with Gasteiger partial charge in [0, 0.05) is 0 Å². The summed E-state index contributed by atoms with van der Waals surface area (Å²) in [5, 5.41) is 9.03. The Morgan fingerprint density at radius 1 is 1.38 bits per heavy atom. The maximum absolute atomic E-state index is 11.0. The maximum Gasteiger partial charge on any atom is 0.333 e. The minimum atomic E-state index is -0.866. The Bertz CT molecular complexity index is 262. The van der Waals surface area contributed by atoms with Crippen LogP contribution < -0.4 is 0 Å². The molecule has 1 rings (SSSR count). The number of carboxylic acids is 1. The van der Waals surface area contributed by atoms with E-state index in [9.17, 15) is 4.79 Å². The normalized spacial score (nSPS) is 18.4. The van der Waals surface area contributed by atoms with Crippen molar-refractivity contribution in [1.29, 1.82) is 0 Å². The first kappa shape index (κ1) is 13.0. The Morgan fingerprint density at radius 2 is 2.06 bits per heavy atom. The van der Waals surface area contributed by atoms with Gasteiger partial charge in [-0.3, -0.25) is 0 Å². The van der Waals surface area contributed by atoms with Crippen LogP contribution in [0.15, 0.2) is 24.3 Å². The molecular formula is C13H20O3. The van der Waals surface area contributed by atoms with Crippen LogP contribution in [0.5, 0.6) is 0 Å². The molecule has 0 heterocycles. The number of hydrogen-bond acceptors (Lipinski definition) is 2. The lowest BCUT2D eigenvalue weighted by molar-refractivity contribution is -0.133. The minimum Gasteiger partial charge on any atom is -0.478 e. The van der Waals surface area contributed by atoms with Gasteiger partial charge in [0.2, 0.25) is 0 Å². The molecule has 0 aliphatic heterocycles. The molecule has 0 atom stereocenters. The summed E-state index contributed by atoms with van der Waals surface area (Å²) in [6.45, 7) is 4.10. The third-order valence-electron chi connectivity index (χ3n) is 2.85. The first-order chi connectivity index (χ1) is 7.74. The third-order valence-corrected chi connectivity index (χ3v) is 2.85. The van der Waals surface area contributed by atoms with Gasteiger partial charge in [-0.2, -0.15) is 0 Å². The quantitative estimate of drug-likeness (QED) is 0.428. The molecule has 0 bridgehead atoms. The molecule has 0 amide bonds. The second-order valence-corrected chi connectivity index (χ2v) is 4.20. The Morgan fingerprint density at radius 3 is 2.62 bits per heavy atom. The zero-order chi connectivity index (χ0) is 11.8. The highest BCUT2D eigenvalue weighted by molar-refractivity contribution is 5.86. The van der Waals surface area contributed by atoms with Crippen LogP contribution >= 0.6 is 0 Å². The first-order valence-corrected chi connectivity index (χ1v) is 5.86. The molecule has 0 saturated heterocycles. The van der Waals surface area contributed by atoms with Gasteiger partial charge >= 0.3 is 5.97 Å². The van der Waals surface area contributed by atoms with Gasteiger partial charge in [0.1, 0.15) is 0 Å². The highest BCUT2D eigenvalue weighted by Gasteiger charge is 2.15. The lowest BCUT2D eigenvalue weighted by Gasteiger charge is -2.18. The lowest BCUT2D eigenvalue weighted by Crippen LogP contribution is -2.12. The largest absolute Gasteiger partial charge is 0.478 e. The predicted octanol–water partition coefficient (Wildman–Crippen LogP) is 2.78. The zero-order valence-electron chi connectivity index (χ0n) is 9.65. The molecule has 0 spiro atoms. The van der Waals surface area contributed by atoms with Gasteiger partial charge in [-0.15, -0.1) is 6.58 Å². The van der Waals surface area contributed by atoms with Crippen molar-refractivity contribution >= 4 is 5.97 Å². The van der Waals surface area contributed by atoms with E-state index in [1.807, 2.05) is 6.08 Å². The summed E-state index contributed by atoms with van der Waals surface area (Å²) < 4.78 is 5.18. The van der Waals surface area contributed by atoms with E-state index >= 15 is 0 Å². The number of carbonyl (C=O) groups is 1. The van der Waals surface area contributed by atoms with Crippen molar-refractivity contribution in [2.45, 2.75) is 32.1 Å². The first-order valence-electron chi connectivity index (χ1n) is 5.86. The molecule has 90 valence electrons. The summed E-state index contributed by atoms with van der Waals surface area (Å²) in [7, 11) is 0. The summed E-state index contributed by atoms with van der Waals surface area (Å²) in [4.78, 5) is 11.0. The molecule has 3 nitrogen and oxygen atoms in total. The number of rotatable bonds is 6. The molecule has 0 aromatic rings. The van der Waals surface area contributed by atoms with Gasteiger partial charge in [-0.1, -0.05) is 31.4 Å². The van der Waals surface area contributed by atoms with Crippen molar-refractivity contribution in [1.82, 2.24) is 0 Å². The lowest BCUT2D eigenvalue weighted by atomic mass is 9.88. The molecule has 1 saturated carbocycles. The average Bonchev–Trinajstić information content (AvgIpc) is 2.29. The topological polar surface area (TPSA) is 46.5 Å². The van der Waals surface area contributed by atoms with E-state index in [4.69, 9.17) is 9.84 Å². The van der Waals surface area contributed by atoms with Crippen LogP contribution in [0.2, 0.25) is 0 Å². The third kappa shape index (κ3) is 4.62. The van der Waals surface area contributed by atoms with Gasteiger partial charge in [-0.05, 0) is 18.8 Å². The van der Waals surface area contributed by atoms with E-state index in [2.05, 4.69) is 6.58 Å². The SMILES string of the molecule is C=CCOCC(=CC1CCCCC1)C(=O)O. The second-order valence-electron chi connectivity index (χ2n) is 4.20. The fourth-order valence-corrected chi connectivity index (χ4v) is 2.02. The molecule has 0 radical (unpaired) electrons. The van der Waals surface area contributed by atoms with Gasteiger partial charge in [0.05, 0.1) is 18.8 Å². The van der Waals surface area contributed by atoms with Crippen molar-refractivity contribution in [3.63, 3.8) is 0 Å². The molecule has 16 heavy (non-hydrogen) atoms. The van der Waals surface area contributed by atoms with Gasteiger partial charge in [-0.25, -0.2) is 4.79 Å². The highest BCUT2D eigenvalue weighted by Crippen LogP contribution is 2.25. The van der Waals surface area contributed by atoms with E-state index in [1.165, 1.54) is 19.3 Å². The Balaban J connectivity index is 2.49. The van der Waals surface area contributed by atoms with E-state index in [0.717, 1.165) is 12.8 Å². The van der Waals surface area contributed by atoms with Crippen molar-refractivity contribution in [2.75, 3.05) is 13.2 Å². The highest BCUT2D eigenvalue weighted by atomic mass is 16.5. The van der Waals surface area contributed by atoms with Crippen molar-refractivity contribution in [3.05, 3.63) is 24.3 Å². The summed E-state index contributed by atoms with van der Waals surface area (Å²) in [6, 6.07) is 0. The maximum atomic E-state index is 11.0. The molecule has 1 aliphatic carbocycles. The number of carboxylic acid groups (broad SMARTS) is 1. The molecule has 0 aromatic carbocycles. The summed E-state index contributed by atoms with van der Waals surface area (Å²) in [6.07, 6.45) is 9.42. The predicted molar refractivity (Wildman–Crippen MR) is 63.3 cm³/mol. The molecular weight excluding hydrogens is 204 g/mol. The van der Waals surface area contributed by atoms with Crippen molar-refractivity contribution < 1.29 is 14.6 Å². The smallest absolute Gasteiger partial charge is 0.333 e. The molecule has 0 aromatic heterocycles. The number of allylic oxidation sites excluding steroid dienone is 1. The fraction of sp³-hybridized carbons (Fsp3) is 0.615. The standard InChI is InChI=1S/C13H20O3/c1-2-8-16-10-12(13(14)15)9-11-6-4-3-5-7-11/h2,9,11H,1,3-8,10H2,(H,14,15). The number of hydrogen-bond donors (Lipinski definition) is 1. The molecule has 1 aliphatic rings. The zero-order valence-corrected chi connectivity index (χ0v) is 9.65. The monoisotopic (exact) mass is 224 g/mol.